The molecule has 0 heterocycles. The molecule has 0 radical (unpaired) electrons. The van der Waals surface area contributed by atoms with Gasteiger partial charge in [-0.3, -0.25) is 19.6 Å². The van der Waals surface area contributed by atoms with E-state index in [9.17, 15) is 0 Å². The summed E-state index contributed by atoms with van der Waals surface area (Å²) in [5, 5.41) is 13.6. The molecule has 0 fully saturated rings. The SMILES string of the molecule is CNCCN(CCN)CCNCCN(CCNCCN)CCN(CCNC)CCN(CCN)CCN. The predicted molar refractivity (Wildman–Crippen MR) is 156 cm³/mol. The van der Waals surface area contributed by atoms with Crippen molar-refractivity contribution < 1.29 is 0 Å². The maximum atomic E-state index is 5.79. The van der Waals surface area contributed by atoms with E-state index in [1.54, 1.807) is 0 Å². The number of hydrogen-bond acceptors (Lipinski definition) is 12. The van der Waals surface area contributed by atoms with Crippen LogP contribution in [-0.2, 0) is 0 Å². The maximum Gasteiger partial charge on any atom is 0.0110 e. The van der Waals surface area contributed by atoms with Gasteiger partial charge in [-0.25, -0.2) is 0 Å². The molecular weight excluding hydrogens is 456 g/mol. The molecule has 0 spiro atoms. The second kappa shape index (κ2) is 27.6. The van der Waals surface area contributed by atoms with Gasteiger partial charge in [-0.2, -0.15) is 0 Å². The molecule has 0 aliphatic carbocycles. The second-order valence-corrected chi connectivity index (χ2v) is 9.23. The number of nitrogens with zero attached hydrogens (tertiary/aromatic N) is 4. The van der Waals surface area contributed by atoms with Crippen molar-refractivity contribution in [2.45, 2.75) is 0 Å². The zero-order valence-corrected chi connectivity index (χ0v) is 23.7. The summed E-state index contributed by atoms with van der Waals surface area (Å²) in [5.74, 6) is 0. The molecule has 0 saturated heterocycles. The Kier molecular flexibility index (Phi) is 27.2. The molecule has 0 aromatic carbocycles. The van der Waals surface area contributed by atoms with Crippen molar-refractivity contribution in [3.8, 4) is 0 Å². The molecule has 0 saturated carbocycles. The summed E-state index contributed by atoms with van der Waals surface area (Å²) in [5.41, 5.74) is 23.0. The molecule has 0 aromatic rings. The van der Waals surface area contributed by atoms with Crippen LogP contribution in [0.4, 0.5) is 0 Å². The summed E-state index contributed by atoms with van der Waals surface area (Å²) in [4.78, 5) is 9.89. The molecule has 0 amide bonds. The molecular formula is C24H62N12. The van der Waals surface area contributed by atoms with Gasteiger partial charge in [-0.05, 0) is 14.1 Å². The first-order valence-electron chi connectivity index (χ1n) is 14.0. The highest BCUT2D eigenvalue weighted by Crippen LogP contribution is 1.96. The molecule has 12 nitrogen and oxygen atoms in total. The van der Waals surface area contributed by atoms with E-state index in [2.05, 4.69) is 40.9 Å². The maximum absolute atomic E-state index is 5.79. The van der Waals surface area contributed by atoms with Gasteiger partial charge >= 0.3 is 0 Å². The van der Waals surface area contributed by atoms with Gasteiger partial charge in [0.15, 0.2) is 0 Å². The number of nitrogens with two attached hydrogens (primary N) is 4. The van der Waals surface area contributed by atoms with Crippen LogP contribution in [0.15, 0.2) is 0 Å². The third kappa shape index (κ3) is 21.6. The van der Waals surface area contributed by atoms with Gasteiger partial charge in [-0.15, -0.1) is 0 Å². The summed E-state index contributed by atoms with van der Waals surface area (Å²) >= 11 is 0. The number of rotatable bonds is 29. The molecule has 0 rings (SSSR count). The van der Waals surface area contributed by atoms with Crippen LogP contribution in [0.2, 0.25) is 0 Å². The molecule has 0 aliphatic rings. The van der Waals surface area contributed by atoms with Crippen molar-refractivity contribution in [3.63, 3.8) is 0 Å². The first-order chi connectivity index (χ1) is 17.6. The minimum absolute atomic E-state index is 0.673. The molecule has 12 N–H and O–H groups in total. The van der Waals surface area contributed by atoms with E-state index in [0.717, 1.165) is 118 Å². The molecule has 218 valence electrons. The summed E-state index contributed by atoms with van der Waals surface area (Å²) in [6.07, 6.45) is 0. The lowest BCUT2D eigenvalue weighted by Crippen LogP contribution is -2.46. The number of hydrogen-bond donors (Lipinski definition) is 8. The van der Waals surface area contributed by atoms with Crippen LogP contribution in [-0.4, -0.2) is 178 Å². The van der Waals surface area contributed by atoms with Crippen LogP contribution >= 0.6 is 0 Å². The molecule has 0 bridgehead atoms. The quantitative estimate of drug-likeness (QED) is 0.0449. The molecule has 36 heavy (non-hydrogen) atoms. The van der Waals surface area contributed by atoms with Crippen molar-refractivity contribution in [1.82, 2.24) is 40.9 Å². The van der Waals surface area contributed by atoms with Crippen molar-refractivity contribution in [2.75, 3.05) is 158 Å². The topological polar surface area (TPSA) is 165 Å². The largest absolute Gasteiger partial charge is 0.329 e. The van der Waals surface area contributed by atoms with Gasteiger partial charge in [0.25, 0.3) is 0 Å². The lowest BCUT2D eigenvalue weighted by Gasteiger charge is -2.30. The van der Waals surface area contributed by atoms with E-state index in [-0.39, 0.29) is 0 Å². The van der Waals surface area contributed by atoms with Crippen molar-refractivity contribution in [3.05, 3.63) is 0 Å². The Morgan fingerprint density at radius 1 is 0.361 bits per heavy atom. The normalized spacial score (nSPS) is 12.2. The van der Waals surface area contributed by atoms with E-state index < -0.39 is 0 Å². The summed E-state index contributed by atoms with van der Waals surface area (Å²) < 4.78 is 0. The zero-order chi connectivity index (χ0) is 26.7. The van der Waals surface area contributed by atoms with E-state index in [4.69, 9.17) is 22.9 Å². The Hall–Kier alpha value is -0.480. The van der Waals surface area contributed by atoms with Crippen LogP contribution in [0.1, 0.15) is 0 Å². The minimum Gasteiger partial charge on any atom is -0.329 e. The fourth-order valence-electron chi connectivity index (χ4n) is 4.06. The first kappa shape index (κ1) is 35.5. The highest BCUT2D eigenvalue weighted by atomic mass is 15.2. The average molecular weight is 519 g/mol. The fraction of sp³-hybridized carbons (Fsp3) is 1.00. The summed E-state index contributed by atoms with van der Waals surface area (Å²) in [6, 6.07) is 0. The molecule has 0 unspecified atom stereocenters. The lowest BCUT2D eigenvalue weighted by molar-refractivity contribution is 0.178. The first-order valence-corrected chi connectivity index (χ1v) is 14.0. The fourth-order valence-corrected chi connectivity index (χ4v) is 4.06. The van der Waals surface area contributed by atoms with Crippen molar-refractivity contribution >= 4 is 0 Å². The minimum atomic E-state index is 0.673. The van der Waals surface area contributed by atoms with Gasteiger partial charge in [0.1, 0.15) is 0 Å². The second-order valence-electron chi connectivity index (χ2n) is 9.23. The van der Waals surface area contributed by atoms with Crippen LogP contribution < -0.4 is 44.2 Å². The molecule has 0 aromatic heterocycles. The standard InChI is InChI=1S/C24H62N12/c1-29-8-16-34(15-6-28)18-11-32-12-20-35(19-10-31-7-3-25)22-24-36(17-9-30-2)23-21-33(13-4-26)14-5-27/h29-32H,3-28H2,1-2H3. The Bertz CT molecular complexity index is 426. The monoisotopic (exact) mass is 519 g/mol. The third-order valence-electron chi connectivity index (χ3n) is 6.29. The van der Waals surface area contributed by atoms with Gasteiger partial charge in [0.05, 0.1) is 0 Å². The van der Waals surface area contributed by atoms with Crippen molar-refractivity contribution in [2.24, 2.45) is 22.9 Å². The molecule has 0 aliphatic heterocycles. The molecule has 12 heteroatoms. The third-order valence-corrected chi connectivity index (χ3v) is 6.29. The molecule has 0 atom stereocenters. The van der Waals surface area contributed by atoms with E-state index in [1.807, 2.05) is 14.1 Å². The Labute approximate surface area is 222 Å². The number of likely N-dealkylation sites (N-methyl/N-ethyl adjacent to an activating group) is 2. The van der Waals surface area contributed by atoms with Gasteiger partial charge < -0.3 is 44.2 Å². The van der Waals surface area contributed by atoms with Crippen LogP contribution in [0, 0.1) is 0 Å². The Morgan fingerprint density at radius 2 is 0.667 bits per heavy atom. The van der Waals surface area contributed by atoms with E-state index in [0.29, 0.717) is 26.2 Å². The van der Waals surface area contributed by atoms with Gasteiger partial charge in [0.2, 0.25) is 0 Å². The Morgan fingerprint density at radius 3 is 1.03 bits per heavy atom. The van der Waals surface area contributed by atoms with Crippen molar-refractivity contribution in [1.29, 1.82) is 0 Å². The summed E-state index contributed by atoms with van der Waals surface area (Å²) in [7, 11) is 4.01. The van der Waals surface area contributed by atoms with Gasteiger partial charge in [-0.1, -0.05) is 0 Å². The predicted octanol–water partition coefficient (Wildman–Crippen LogP) is -4.35. The average Bonchev–Trinajstić information content (AvgIpc) is 2.88. The highest BCUT2D eigenvalue weighted by molar-refractivity contribution is 4.70. The van der Waals surface area contributed by atoms with Gasteiger partial charge in [0, 0.05) is 144 Å². The van der Waals surface area contributed by atoms with Crippen LogP contribution in [0.5, 0.6) is 0 Å². The zero-order valence-electron chi connectivity index (χ0n) is 23.7. The number of nitrogens with one attached hydrogen (secondary N) is 4. The van der Waals surface area contributed by atoms with Crippen LogP contribution in [0.3, 0.4) is 0 Å². The van der Waals surface area contributed by atoms with E-state index >= 15 is 0 Å². The van der Waals surface area contributed by atoms with Crippen LogP contribution in [0.25, 0.3) is 0 Å². The highest BCUT2D eigenvalue weighted by Gasteiger charge is 2.12. The lowest BCUT2D eigenvalue weighted by atomic mass is 10.3. The van der Waals surface area contributed by atoms with E-state index in [1.165, 1.54) is 0 Å². The summed E-state index contributed by atoms with van der Waals surface area (Å²) in [6.45, 7) is 20.5. The Balaban J connectivity index is 4.64. The smallest absolute Gasteiger partial charge is 0.0110 e.